The molecular formula is C11H13F3N2O3S. The molecule has 1 aromatic rings. The molecule has 0 aliphatic heterocycles. The summed E-state index contributed by atoms with van der Waals surface area (Å²) < 4.78 is 57.4. The zero-order valence-electron chi connectivity index (χ0n) is 10.3. The van der Waals surface area contributed by atoms with Gasteiger partial charge < -0.3 is 5.32 Å². The van der Waals surface area contributed by atoms with Crippen molar-refractivity contribution < 1.29 is 26.4 Å². The molecule has 0 radical (unpaired) electrons. The van der Waals surface area contributed by atoms with Gasteiger partial charge in [0.05, 0.1) is 12.2 Å². The van der Waals surface area contributed by atoms with Gasteiger partial charge in [0.1, 0.15) is 0 Å². The van der Waals surface area contributed by atoms with Gasteiger partial charge in [-0.1, -0.05) is 12.1 Å². The van der Waals surface area contributed by atoms with E-state index in [1.807, 2.05) is 0 Å². The topological polar surface area (TPSA) is 89.3 Å². The minimum atomic E-state index is -4.38. The van der Waals surface area contributed by atoms with Crippen LogP contribution in [0.25, 0.3) is 0 Å². The van der Waals surface area contributed by atoms with E-state index in [-0.39, 0.29) is 11.4 Å². The van der Waals surface area contributed by atoms with Crippen molar-refractivity contribution in [3.8, 4) is 0 Å². The summed E-state index contributed by atoms with van der Waals surface area (Å²) >= 11 is 0. The number of sulfonamides is 1. The van der Waals surface area contributed by atoms with E-state index in [0.29, 0.717) is 5.56 Å². The first-order valence-corrected chi connectivity index (χ1v) is 7.23. The molecule has 1 amide bonds. The van der Waals surface area contributed by atoms with Crippen LogP contribution in [0.1, 0.15) is 18.4 Å². The number of halogens is 3. The van der Waals surface area contributed by atoms with Gasteiger partial charge in [0.2, 0.25) is 15.9 Å². The molecule has 20 heavy (non-hydrogen) atoms. The van der Waals surface area contributed by atoms with Gasteiger partial charge in [0, 0.05) is 12.1 Å². The Morgan fingerprint density at radius 1 is 1.20 bits per heavy atom. The Hall–Kier alpha value is -1.61. The summed E-state index contributed by atoms with van der Waals surface area (Å²) in [6.45, 7) is 0. The summed E-state index contributed by atoms with van der Waals surface area (Å²) in [4.78, 5) is 11.2. The molecule has 0 aliphatic carbocycles. The number of hydrogen-bond acceptors (Lipinski definition) is 3. The van der Waals surface area contributed by atoms with Crippen LogP contribution >= 0.6 is 0 Å². The van der Waals surface area contributed by atoms with Gasteiger partial charge >= 0.3 is 6.18 Å². The maximum Gasteiger partial charge on any atom is 0.389 e. The molecule has 0 bridgehead atoms. The highest BCUT2D eigenvalue weighted by Crippen LogP contribution is 2.21. The minimum Gasteiger partial charge on any atom is -0.326 e. The maximum absolute atomic E-state index is 11.9. The van der Waals surface area contributed by atoms with E-state index in [9.17, 15) is 26.4 Å². The number of nitrogens with one attached hydrogen (secondary N) is 1. The molecule has 0 saturated carbocycles. The molecule has 0 fully saturated rings. The zero-order valence-corrected chi connectivity index (χ0v) is 11.1. The fourth-order valence-electron chi connectivity index (χ4n) is 1.40. The van der Waals surface area contributed by atoms with Crippen molar-refractivity contribution in [3.63, 3.8) is 0 Å². The largest absolute Gasteiger partial charge is 0.389 e. The number of amides is 1. The van der Waals surface area contributed by atoms with Crippen molar-refractivity contribution >= 4 is 21.6 Å². The second-order valence-corrected chi connectivity index (χ2v) is 5.78. The van der Waals surface area contributed by atoms with Crippen LogP contribution in [-0.4, -0.2) is 20.5 Å². The lowest BCUT2D eigenvalue weighted by atomic mass is 10.2. The van der Waals surface area contributed by atoms with Crippen LogP contribution in [0, 0.1) is 0 Å². The highest BCUT2D eigenvalue weighted by atomic mass is 32.2. The van der Waals surface area contributed by atoms with Crippen molar-refractivity contribution in [2.24, 2.45) is 5.14 Å². The molecule has 0 heterocycles. The molecule has 1 rings (SSSR count). The van der Waals surface area contributed by atoms with Gasteiger partial charge in [-0.25, -0.2) is 13.6 Å². The lowest BCUT2D eigenvalue weighted by Crippen LogP contribution is -2.17. The molecular weight excluding hydrogens is 297 g/mol. The summed E-state index contributed by atoms with van der Waals surface area (Å²) in [6.07, 6.45) is -6.23. The van der Waals surface area contributed by atoms with Crippen molar-refractivity contribution in [2.45, 2.75) is 24.8 Å². The fourth-order valence-corrected chi connectivity index (χ4v) is 2.05. The molecule has 0 aromatic heterocycles. The van der Waals surface area contributed by atoms with Crippen LogP contribution in [0.2, 0.25) is 0 Å². The van der Waals surface area contributed by atoms with E-state index in [2.05, 4.69) is 5.32 Å². The number of rotatable bonds is 5. The minimum absolute atomic E-state index is 0.287. The molecule has 0 spiro atoms. The third kappa shape index (κ3) is 7.10. The van der Waals surface area contributed by atoms with Crippen LogP contribution in [0.4, 0.5) is 18.9 Å². The number of anilines is 1. The molecule has 0 unspecified atom stereocenters. The molecule has 5 nitrogen and oxygen atoms in total. The normalized spacial score (nSPS) is 12.2. The second-order valence-electron chi connectivity index (χ2n) is 4.17. The molecule has 0 saturated heterocycles. The molecule has 0 atom stereocenters. The van der Waals surface area contributed by atoms with Crippen LogP contribution in [0.15, 0.2) is 24.3 Å². The Bertz CT molecular complexity index is 568. The highest BCUT2D eigenvalue weighted by molar-refractivity contribution is 7.88. The van der Waals surface area contributed by atoms with E-state index in [4.69, 9.17) is 5.14 Å². The second kappa shape index (κ2) is 6.23. The van der Waals surface area contributed by atoms with Crippen LogP contribution in [-0.2, 0) is 20.6 Å². The summed E-state index contributed by atoms with van der Waals surface area (Å²) in [6, 6.07) is 5.63. The SMILES string of the molecule is NS(=O)(=O)Cc1ccc(NC(=O)CCC(F)(F)F)cc1. The quantitative estimate of drug-likeness (QED) is 0.868. The Morgan fingerprint density at radius 2 is 1.75 bits per heavy atom. The lowest BCUT2D eigenvalue weighted by Gasteiger charge is -2.08. The van der Waals surface area contributed by atoms with Gasteiger partial charge in [-0.3, -0.25) is 4.79 Å². The van der Waals surface area contributed by atoms with Crippen molar-refractivity contribution in [2.75, 3.05) is 5.32 Å². The summed E-state index contributed by atoms with van der Waals surface area (Å²) in [5.74, 6) is -1.11. The van der Waals surface area contributed by atoms with Gasteiger partial charge in [-0.15, -0.1) is 0 Å². The first-order valence-electron chi connectivity index (χ1n) is 5.51. The predicted octanol–water partition coefficient (Wildman–Crippen LogP) is 1.76. The highest BCUT2D eigenvalue weighted by Gasteiger charge is 2.27. The van der Waals surface area contributed by atoms with Gasteiger partial charge in [-0.2, -0.15) is 13.2 Å². The Morgan fingerprint density at radius 3 is 2.20 bits per heavy atom. The first-order chi connectivity index (χ1) is 9.05. The molecule has 9 heteroatoms. The Kier molecular flexibility index (Phi) is 5.12. The molecule has 112 valence electrons. The third-order valence-corrected chi connectivity index (χ3v) is 2.98. The molecule has 1 aromatic carbocycles. The van der Waals surface area contributed by atoms with Crippen molar-refractivity contribution in [3.05, 3.63) is 29.8 Å². The number of alkyl halides is 3. The summed E-state index contributed by atoms with van der Waals surface area (Å²) in [5.41, 5.74) is 0.705. The average Bonchev–Trinajstić information content (AvgIpc) is 2.26. The van der Waals surface area contributed by atoms with E-state index in [1.54, 1.807) is 0 Å². The number of carbonyl (C=O) groups excluding carboxylic acids is 1. The van der Waals surface area contributed by atoms with Crippen LogP contribution in [0.5, 0.6) is 0 Å². The van der Waals surface area contributed by atoms with Crippen LogP contribution in [0.3, 0.4) is 0 Å². The van der Waals surface area contributed by atoms with E-state index < -0.39 is 34.9 Å². The van der Waals surface area contributed by atoms with E-state index in [0.717, 1.165) is 0 Å². The summed E-state index contributed by atoms with van der Waals surface area (Å²) in [5, 5.41) is 7.15. The number of nitrogens with two attached hydrogens (primary N) is 1. The number of primary sulfonamides is 1. The lowest BCUT2D eigenvalue weighted by molar-refractivity contribution is -0.142. The fraction of sp³-hybridized carbons (Fsp3) is 0.364. The predicted molar refractivity (Wildman–Crippen MR) is 67.2 cm³/mol. The standard InChI is InChI=1S/C11H13F3N2O3S/c12-11(13,14)6-5-10(17)16-9-3-1-8(2-4-9)7-20(15,18)19/h1-4H,5-7H2,(H,16,17)(H2,15,18,19). The molecule has 3 N–H and O–H groups in total. The Labute approximate surface area is 114 Å². The average molecular weight is 310 g/mol. The van der Waals surface area contributed by atoms with E-state index in [1.165, 1.54) is 24.3 Å². The zero-order chi connectivity index (χ0) is 15.4. The summed E-state index contributed by atoms with van der Waals surface area (Å²) in [7, 11) is -3.65. The van der Waals surface area contributed by atoms with Gasteiger partial charge in [-0.05, 0) is 17.7 Å². The van der Waals surface area contributed by atoms with Crippen molar-refractivity contribution in [1.82, 2.24) is 0 Å². The Balaban J connectivity index is 2.55. The van der Waals surface area contributed by atoms with Crippen LogP contribution < -0.4 is 10.5 Å². The first kappa shape index (κ1) is 16.4. The monoisotopic (exact) mass is 310 g/mol. The molecule has 0 aliphatic rings. The number of carbonyl (C=O) groups is 1. The maximum atomic E-state index is 11.9. The third-order valence-electron chi connectivity index (χ3n) is 2.24. The van der Waals surface area contributed by atoms with Gasteiger partial charge in [0.15, 0.2) is 0 Å². The smallest absolute Gasteiger partial charge is 0.326 e. The van der Waals surface area contributed by atoms with Gasteiger partial charge in [0.25, 0.3) is 0 Å². The number of benzene rings is 1. The van der Waals surface area contributed by atoms with E-state index >= 15 is 0 Å². The van der Waals surface area contributed by atoms with Crippen molar-refractivity contribution in [1.29, 1.82) is 0 Å². The number of hydrogen-bond donors (Lipinski definition) is 2.